The number of thioether (sulfide) groups is 1. The van der Waals surface area contributed by atoms with Crippen LogP contribution in [0.25, 0.3) is 0 Å². The highest BCUT2D eigenvalue weighted by atomic mass is 32.2. The maximum absolute atomic E-state index is 12.8. The third-order valence-corrected chi connectivity index (χ3v) is 5.04. The molecule has 0 heterocycles. The molecule has 0 bridgehead atoms. The van der Waals surface area contributed by atoms with Crippen LogP contribution in [0.1, 0.15) is 24.5 Å². The molecule has 2 aromatic rings. The summed E-state index contributed by atoms with van der Waals surface area (Å²) in [7, 11) is 0. The molecule has 0 saturated carbocycles. The number of nitrogens with zero attached hydrogens (tertiary/aromatic N) is 2. The molecule has 1 amide bonds. The Kier molecular flexibility index (Phi) is 7.55. The standard InChI is InChI=1S/C21H24N2O2S/c1-4-25-19-10-8-18(9-11-19)23(13-5-12-22)21(24)15-26-20-14-16(2)6-7-17(20)3/h6-11,14H,4-5,13,15H2,1-3H3. The van der Waals surface area contributed by atoms with Crippen LogP contribution >= 0.6 is 11.8 Å². The highest BCUT2D eigenvalue weighted by molar-refractivity contribution is 8.00. The fourth-order valence-electron chi connectivity index (χ4n) is 2.53. The lowest BCUT2D eigenvalue weighted by Gasteiger charge is -2.22. The van der Waals surface area contributed by atoms with Gasteiger partial charge in [-0.2, -0.15) is 5.26 Å². The summed E-state index contributed by atoms with van der Waals surface area (Å²) < 4.78 is 5.45. The molecule has 26 heavy (non-hydrogen) atoms. The second kappa shape index (κ2) is 9.88. The molecular weight excluding hydrogens is 344 g/mol. The van der Waals surface area contributed by atoms with Crippen molar-refractivity contribution in [2.45, 2.75) is 32.1 Å². The zero-order chi connectivity index (χ0) is 18.9. The molecule has 0 fully saturated rings. The van der Waals surface area contributed by atoms with E-state index in [9.17, 15) is 4.79 Å². The summed E-state index contributed by atoms with van der Waals surface area (Å²) >= 11 is 1.54. The Bertz CT molecular complexity index is 782. The molecule has 0 aliphatic carbocycles. The predicted octanol–water partition coefficient (Wildman–Crippen LogP) is 4.74. The van der Waals surface area contributed by atoms with Crippen molar-refractivity contribution in [1.29, 1.82) is 5.26 Å². The van der Waals surface area contributed by atoms with E-state index in [1.807, 2.05) is 45.0 Å². The van der Waals surface area contributed by atoms with E-state index in [-0.39, 0.29) is 5.91 Å². The van der Waals surface area contributed by atoms with Crippen molar-refractivity contribution in [3.63, 3.8) is 0 Å². The summed E-state index contributed by atoms with van der Waals surface area (Å²) in [5.74, 6) is 1.10. The first-order valence-corrected chi connectivity index (χ1v) is 9.64. The van der Waals surface area contributed by atoms with Gasteiger partial charge in [-0.3, -0.25) is 4.79 Å². The molecule has 0 saturated heterocycles. The number of nitriles is 1. The summed E-state index contributed by atoms with van der Waals surface area (Å²) in [6, 6.07) is 15.8. The molecule has 0 atom stereocenters. The fraction of sp³-hybridized carbons (Fsp3) is 0.333. The molecule has 0 aliphatic rings. The van der Waals surface area contributed by atoms with Crippen LogP contribution in [-0.4, -0.2) is 24.8 Å². The summed E-state index contributed by atoms with van der Waals surface area (Å²) in [4.78, 5) is 15.6. The molecule has 0 aromatic heterocycles. The van der Waals surface area contributed by atoms with Crippen LogP contribution in [0.2, 0.25) is 0 Å². The molecule has 0 unspecified atom stereocenters. The van der Waals surface area contributed by atoms with Crippen LogP contribution < -0.4 is 9.64 Å². The lowest BCUT2D eigenvalue weighted by atomic mass is 10.2. The number of aryl methyl sites for hydroxylation is 2. The first-order valence-electron chi connectivity index (χ1n) is 8.65. The van der Waals surface area contributed by atoms with Crippen LogP contribution in [0.15, 0.2) is 47.4 Å². The summed E-state index contributed by atoms with van der Waals surface area (Å²) in [5.41, 5.74) is 3.13. The largest absolute Gasteiger partial charge is 0.494 e. The van der Waals surface area contributed by atoms with Crippen LogP contribution in [0, 0.1) is 25.2 Å². The number of carbonyl (C=O) groups excluding carboxylic acids is 1. The van der Waals surface area contributed by atoms with Gasteiger partial charge in [0.15, 0.2) is 0 Å². The second-order valence-corrected chi connectivity index (χ2v) is 6.96. The van der Waals surface area contributed by atoms with Gasteiger partial charge in [0, 0.05) is 17.1 Å². The monoisotopic (exact) mass is 368 g/mol. The van der Waals surface area contributed by atoms with Crippen molar-refractivity contribution in [3.8, 4) is 11.8 Å². The first-order chi connectivity index (χ1) is 12.5. The van der Waals surface area contributed by atoms with Gasteiger partial charge in [0.05, 0.1) is 24.8 Å². The number of carbonyl (C=O) groups is 1. The number of rotatable bonds is 8. The van der Waals surface area contributed by atoms with Crippen molar-refractivity contribution < 1.29 is 9.53 Å². The molecular formula is C21H24N2O2S. The SMILES string of the molecule is CCOc1ccc(N(CCC#N)C(=O)CSc2cc(C)ccc2C)cc1. The van der Waals surface area contributed by atoms with Gasteiger partial charge in [-0.25, -0.2) is 0 Å². The first kappa shape index (κ1) is 19.9. The van der Waals surface area contributed by atoms with E-state index in [4.69, 9.17) is 10.00 Å². The molecule has 0 aliphatic heterocycles. The number of hydrogen-bond acceptors (Lipinski definition) is 4. The quantitative estimate of drug-likeness (QED) is 0.632. The maximum atomic E-state index is 12.8. The predicted molar refractivity (Wildman–Crippen MR) is 107 cm³/mol. The van der Waals surface area contributed by atoms with Gasteiger partial charge < -0.3 is 9.64 Å². The molecule has 2 rings (SSSR count). The molecule has 0 N–H and O–H groups in total. The number of benzene rings is 2. The Labute approximate surface area is 159 Å². The number of hydrogen-bond donors (Lipinski definition) is 0. The fourth-order valence-corrected chi connectivity index (χ4v) is 3.53. The van der Waals surface area contributed by atoms with Gasteiger partial charge >= 0.3 is 0 Å². The van der Waals surface area contributed by atoms with Gasteiger partial charge in [0.25, 0.3) is 0 Å². The molecule has 5 heteroatoms. The molecule has 136 valence electrons. The minimum atomic E-state index is -0.00434. The summed E-state index contributed by atoms with van der Waals surface area (Å²) in [6.07, 6.45) is 0.299. The number of amides is 1. The van der Waals surface area contributed by atoms with Crippen molar-refractivity contribution >= 4 is 23.4 Å². The Hall–Kier alpha value is -2.45. The van der Waals surface area contributed by atoms with E-state index in [1.165, 1.54) is 17.3 Å². The maximum Gasteiger partial charge on any atom is 0.237 e. The Morgan fingerprint density at radius 1 is 1.19 bits per heavy atom. The summed E-state index contributed by atoms with van der Waals surface area (Å²) in [6.45, 7) is 7.01. The van der Waals surface area contributed by atoms with E-state index in [0.29, 0.717) is 25.3 Å². The average Bonchev–Trinajstić information content (AvgIpc) is 2.64. The molecule has 0 radical (unpaired) electrons. The molecule has 2 aromatic carbocycles. The zero-order valence-corrected chi connectivity index (χ0v) is 16.3. The van der Waals surface area contributed by atoms with Gasteiger partial charge in [-0.05, 0) is 56.7 Å². The topological polar surface area (TPSA) is 53.3 Å². The van der Waals surface area contributed by atoms with Crippen molar-refractivity contribution in [2.24, 2.45) is 0 Å². The molecule has 4 nitrogen and oxygen atoms in total. The van der Waals surface area contributed by atoms with Crippen LogP contribution in [0.5, 0.6) is 5.75 Å². The highest BCUT2D eigenvalue weighted by Gasteiger charge is 2.16. The number of ether oxygens (including phenoxy) is 1. The van der Waals surface area contributed by atoms with E-state index in [2.05, 4.69) is 24.3 Å². The van der Waals surface area contributed by atoms with Crippen molar-refractivity contribution in [2.75, 3.05) is 23.8 Å². The highest BCUT2D eigenvalue weighted by Crippen LogP contribution is 2.26. The van der Waals surface area contributed by atoms with Crippen LogP contribution in [-0.2, 0) is 4.79 Å². The minimum Gasteiger partial charge on any atom is -0.494 e. The van der Waals surface area contributed by atoms with E-state index in [1.54, 1.807) is 4.90 Å². The van der Waals surface area contributed by atoms with E-state index < -0.39 is 0 Å². The van der Waals surface area contributed by atoms with Crippen LogP contribution in [0.4, 0.5) is 5.69 Å². The normalized spacial score (nSPS) is 10.2. The Morgan fingerprint density at radius 2 is 1.92 bits per heavy atom. The van der Waals surface area contributed by atoms with Crippen LogP contribution in [0.3, 0.4) is 0 Å². The number of anilines is 1. The Balaban J connectivity index is 2.11. The zero-order valence-electron chi connectivity index (χ0n) is 15.5. The van der Waals surface area contributed by atoms with Crippen molar-refractivity contribution in [1.82, 2.24) is 0 Å². The lowest BCUT2D eigenvalue weighted by Crippen LogP contribution is -2.33. The lowest BCUT2D eigenvalue weighted by molar-refractivity contribution is -0.116. The Morgan fingerprint density at radius 3 is 2.58 bits per heavy atom. The second-order valence-electron chi connectivity index (χ2n) is 5.94. The van der Waals surface area contributed by atoms with Gasteiger partial charge in [0.2, 0.25) is 5.91 Å². The average molecular weight is 369 g/mol. The van der Waals surface area contributed by atoms with Gasteiger partial charge in [-0.15, -0.1) is 11.8 Å². The molecule has 0 spiro atoms. The third-order valence-electron chi connectivity index (χ3n) is 3.90. The van der Waals surface area contributed by atoms with Gasteiger partial charge in [0.1, 0.15) is 5.75 Å². The van der Waals surface area contributed by atoms with E-state index >= 15 is 0 Å². The summed E-state index contributed by atoms with van der Waals surface area (Å²) in [5, 5.41) is 8.92. The smallest absolute Gasteiger partial charge is 0.237 e. The third kappa shape index (κ3) is 5.53. The minimum absolute atomic E-state index is 0.00434. The van der Waals surface area contributed by atoms with Crippen molar-refractivity contribution in [3.05, 3.63) is 53.6 Å². The van der Waals surface area contributed by atoms with Gasteiger partial charge in [-0.1, -0.05) is 17.7 Å². The van der Waals surface area contributed by atoms with E-state index in [0.717, 1.165) is 21.9 Å².